The Bertz CT molecular complexity index is 372. The third-order valence-electron chi connectivity index (χ3n) is 2.25. The van der Waals surface area contributed by atoms with E-state index in [0.29, 0.717) is 21.7 Å². The Morgan fingerprint density at radius 1 is 1.35 bits per heavy atom. The van der Waals surface area contributed by atoms with Gasteiger partial charge in [0.15, 0.2) is 0 Å². The Labute approximate surface area is 112 Å². The van der Waals surface area contributed by atoms with Crippen molar-refractivity contribution in [1.82, 2.24) is 4.98 Å². The third kappa shape index (κ3) is 4.25. The zero-order chi connectivity index (χ0) is 12.8. The average Bonchev–Trinajstić information content (AvgIpc) is 2.25. The predicted octanol–water partition coefficient (Wildman–Crippen LogP) is 4.39. The Hall–Kier alpha value is -0.670. The maximum absolute atomic E-state index is 6.05. The van der Waals surface area contributed by atoms with Gasteiger partial charge in [-0.3, -0.25) is 0 Å². The van der Waals surface area contributed by atoms with E-state index in [1.165, 1.54) is 0 Å². The van der Waals surface area contributed by atoms with E-state index >= 15 is 0 Å². The van der Waals surface area contributed by atoms with Gasteiger partial charge in [-0.2, -0.15) is 4.98 Å². The van der Waals surface area contributed by atoms with Crippen molar-refractivity contribution in [3.05, 3.63) is 16.1 Å². The summed E-state index contributed by atoms with van der Waals surface area (Å²) in [5, 5.41) is 4.02. The first-order valence-corrected chi connectivity index (χ1v) is 6.60. The SMILES string of the molecule is CCCC(C)Oc1nc(NCC)c(Cl)cc1Cl. The van der Waals surface area contributed by atoms with E-state index < -0.39 is 0 Å². The van der Waals surface area contributed by atoms with Crippen molar-refractivity contribution in [2.24, 2.45) is 0 Å². The predicted molar refractivity (Wildman–Crippen MR) is 73.4 cm³/mol. The summed E-state index contributed by atoms with van der Waals surface area (Å²) in [4.78, 5) is 4.29. The summed E-state index contributed by atoms with van der Waals surface area (Å²) in [6, 6.07) is 1.65. The molecule has 0 bridgehead atoms. The smallest absolute Gasteiger partial charge is 0.234 e. The van der Waals surface area contributed by atoms with Crippen LogP contribution in [0, 0.1) is 0 Å². The molecule has 96 valence electrons. The highest BCUT2D eigenvalue weighted by molar-refractivity contribution is 6.36. The number of anilines is 1. The number of aromatic nitrogens is 1. The molecule has 0 aromatic carbocycles. The van der Waals surface area contributed by atoms with Gasteiger partial charge in [-0.15, -0.1) is 0 Å². The standard InChI is InChI=1S/C12H18Cl2N2O/c1-4-6-8(3)17-12-10(14)7-9(13)11(16-12)15-5-2/h7-8H,4-6H2,1-3H3,(H,15,16). The van der Waals surface area contributed by atoms with E-state index in [0.717, 1.165) is 19.4 Å². The van der Waals surface area contributed by atoms with Crippen molar-refractivity contribution in [3.63, 3.8) is 0 Å². The molecule has 0 aliphatic rings. The number of nitrogens with one attached hydrogen (secondary N) is 1. The lowest BCUT2D eigenvalue weighted by atomic mass is 10.2. The minimum absolute atomic E-state index is 0.0978. The van der Waals surface area contributed by atoms with Gasteiger partial charge >= 0.3 is 0 Å². The van der Waals surface area contributed by atoms with Crippen LogP contribution in [0.3, 0.4) is 0 Å². The Morgan fingerprint density at radius 2 is 2.06 bits per heavy atom. The lowest BCUT2D eigenvalue weighted by molar-refractivity contribution is 0.202. The molecule has 1 aromatic heterocycles. The lowest BCUT2D eigenvalue weighted by Crippen LogP contribution is -2.13. The van der Waals surface area contributed by atoms with E-state index in [1.807, 2.05) is 13.8 Å². The zero-order valence-electron chi connectivity index (χ0n) is 10.4. The highest BCUT2D eigenvalue weighted by Crippen LogP contribution is 2.31. The summed E-state index contributed by atoms with van der Waals surface area (Å²) in [6.45, 7) is 6.84. The fourth-order valence-corrected chi connectivity index (χ4v) is 1.95. The molecule has 0 saturated carbocycles. The van der Waals surface area contributed by atoms with Crippen LogP contribution in [-0.2, 0) is 0 Å². The van der Waals surface area contributed by atoms with Gasteiger partial charge in [-0.05, 0) is 26.3 Å². The van der Waals surface area contributed by atoms with Gasteiger partial charge in [0.2, 0.25) is 5.88 Å². The summed E-state index contributed by atoms with van der Waals surface area (Å²) in [5.74, 6) is 1.05. The van der Waals surface area contributed by atoms with Gasteiger partial charge < -0.3 is 10.1 Å². The molecule has 1 aromatic rings. The molecule has 1 heterocycles. The highest BCUT2D eigenvalue weighted by atomic mass is 35.5. The Balaban J connectivity index is 2.87. The molecule has 17 heavy (non-hydrogen) atoms. The normalized spacial score (nSPS) is 12.3. The molecule has 0 aliphatic heterocycles. The molecule has 0 spiro atoms. The van der Waals surface area contributed by atoms with Crippen LogP contribution in [0.1, 0.15) is 33.6 Å². The van der Waals surface area contributed by atoms with Gasteiger partial charge in [0, 0.05) is 6.54 Å². The molecule has 1 rings (SSSR count). The number of hydrogen-bond donors (Lipinski definition) is 1. The van der Waals surface area contributed by atoms with Crippen LogP contribution in [0.2, 0.25) is 10.0 Å². The molecule has 0 radical (unpaired) electrons. The molecule has 0 fully saturated rings. The van der Waals surface area contributed by atoms with Crippen molar-refractivity contribution < 1.29 is 4.74 Å². The van der Waals surface area contributed by atoms with Crippen LogP contribution in [0.4, 0.5) is 5.82 Å². The first-order valence-electron chi connectivity index (χ1n) is 5.85. The van der Waals surface area contributed by atoms with Gasteiger partial charge in [0.25, 0.3) is 0 Å². The number of hydrogen-bond acceptors (Lipinski definition) is 3. The van der Waals surface area contributed by atoms with E-state index in [9.17, 15) is 0 Å². The van der Waals surface area contributed by atoms with Crippen molar-refractivity contribution in [2.45, 2.75) is 39.7 Å². The molecular formula is C12H18Cl2N2O. The van der Waals surface area contributed by atoms with Crippen molar-refractivity contribution in [1.29, 1.82) is 0 Å². The number of rotatable bonds is 6. The van der Waals surface area contributed by atoms with Crippen molar-refractivity contribution in [3.8, 4) is 5.88 Å². The van der Waals surface area contributed by atoms with Crippen LogP contribution < -0.4 is 10.1 Å². The third-order valence-corrected chi connectivity index (χ3v) is 2.81. The average molecular weight is 277 g/mol. The van der Waals surface area contributed by atoms with E-state index in [-0.39, 0.29) is 6.10 Å². The maximum atomic E-state index is 6.05. The molecule has 0 aliphatic carbocycles. The van der Waals surface area contributed by atoms with Crippen LogP contribution in [0.25, 0.3) is 0 Å². The number of ether oxygens (including phenoxy) is 1. The molecular weight excluding hydrogens is 259 g/mol. The van der Waals surface area contributed by atoms with Crippen LogP contribution >= 0.6 is 23.2 Å². The summed E-state index contributed by atoms with van der Waals surface area (Å²) in [7, 11) is 0. The van der Waals surface area contributed by atoms with Crippen LogP contribution in [0.5, 0.6) is 5.88 Å². The fraction of sp³-hybridized carbons (Fsp3) is 0.583. The van der Waals surface area contributed by atoms with E-state index in [2.05, 4.69) is 17.2 Å². The van der Waals surface area contributed by atoms with E-state index in [1.54, 1.807) is 6.07 Å². The largest absolute Gasteiger partial charge is 0.474 e. The molecule has 0 saturated heterocycles. The number of pyridine rings is 1. The summed E-state index contributed by atoms with van der Waals surface area (Å²) < 4.78 is 5.69. The first-order chi connectivity index (χ1) is 8.08. The van der Waals surface area contributed by atoms with Crippen LogP contribution in [0.15, 0.2) is 6.07 Å². The Morgan fingerprint density at radius 3 is 2.65 bits per heavy atom. The topological polar surface area (TPSA) is 34.1 Å². The number of halogens is 2. The molecule has 1 atom stereocenters. The monoisotopic (exact) mass is 276 g/mol. The lowest BCUT2D eigenvalue weighted by Gasteiger charge is -2.15. The highest BCUT2D eigenvalue weighted by Gasteiger charge is 2.12. The summed E-state index contributed by atoms with van der Waals surface area (Å²) in [5.41, 5.74) is 0. The van der Waals surface area contributed by atoms with Gasteiger partial charge in [-0.1, -0.05) is 36.5 Å². The second-order valence-electron chi connectivity index (χ2n) is 3.85. The summed E-state index contributed by atoms with van der Waals surface area (Å²) >= 11 is 12.1. The van der Waals surface area contributed by atoms with Crippen LogP contribution in [-0.4, -0.2) is 17.6 Å². The first kappa shape index (κ1) is 14.4. The minimum atomic E-state index is 0.0978. The van der Waals surface area contributed by atoms with Crippen molar-refractivity contribution in [2.75, 3.05) is 11.9 Å². The second kappa shape index (κ2) is 6.92. The van der Waals surface area contributed by atoms with Gasteiger partial charge in [0.1, 0.15) is 10.8 Å². The number of nitrogens with zero attached hydrogens (tertiary/aromatic N) is 1. The molecule has 1 unspecified atom stereocenters. The quantitative estimate of drug-likeness (QED) is 0.837. The van der Waals surface area contributed by atoms with E-state index in [4.69, 9.17) is 27.9 Å². The van der Waals surface area contributed by atoms with Gasteiger partial charge in [0.05, 0.1) is 11.1 Å². The molecule has 0 amide bonds. The molecule has 5 heteroatoms. The molecule has 3 nitrogen and oxygen atoms in total. The molecule has 1 N–H and O–H groups in total. The zero-order valence-corrected chi connectivity index (χ0v) is 11.9. The minimum Gasteiger partial charge on any atom is -0.474 e. The van der Waals surface area contributed by atoms with Crippen molar-refractivity contribution >= 4 is 29.0 Å². The summed E-state index contributed by atoms with van der Waals surface area (Å²) in [6.07, 6.45) is 2.13. The Kier molecular flexibility index (Phi) is 5.86. The fourth-order valence-electron chi connectivity index (χ4n) is 1.48. The van der Waals surface area contributed by atoms with Gasteiger partial charge in [-0.25, -0.2) is 0 Å². The second-order valence-corrected chi connectivity index (χ2v) is 4.67. The maximum Gasteiger partial charge on any atom is 0.234 e.